The van der Waals surface area contributed by atoms with Gasteiger partial charge in [-0.3, -0.25) is 0 Å². The SMILES string of the molecule is Clc1ccc(CNc2ccc(-n3cccn3)cc2)cc1Br. The van der Waals surface area contributed by atoms with Gasteiger partial charge in [0, 0.05) is 29.1 Å². The summed E-state index contributed by atoms with van der Waals surface area (Å²) in [7, 11) is 0. The lowest BCUT2D eigenvalue weighted by molar-refractivity contribution is 0.880. The molecule has 2 aromatic carbocycles. The molecule has 0 saturated carbocycles. The van der Waals surface area contributed by atoms with E-state index in [1.54, 1.807) is 6.20 Å². The van der Waals surface area contributed by atoms with Crippen LogP contribution in [0, 0.1) is 0 Å². The summed E-state index contributed by atoms with van der Waals surface area (Å²) >= 11 is 9.42. The summed E-state index contributed by atoms with van der Waals surface area (Å²) in [6, 6.07) is 16.0. The zero-order valence-electron chi connectivity index (χ0n) is 11.1. The molecule has 1 heterocycles. The molecule has 0 saturated heterocycles. The number of rotatable bonds is 4. The standard InChI is InChI=1S/C16H13BrClN3/c17-15-10-12(2-7-16(15)18)11-19-13-3-5-14(6-4-13)21-9-1-8-20-21/h1-10,19H,11H2. The molecule has 0 spiro atoms. The molecule has 0 aliphatic rings. The topological polar surface area (TPSA) is 29.9 Å². The van der Waals surface area contributed by atoms with Crippen molar-refractivity contribution in [2.24, 2.45) is 0 Å². The molecule has 0 aliphatic carbocycles. The predicted octanol–water partition coefficient (Wildman–Crippen LogP) is 4.90. The Morgan fingerprint density at radius 1 is 1.14 bits per heavy atom. The van der Waals surface area contributed by atoms with Gasteiger partial charge in [-0.15, -0.1) is 0 Å². The largest absolute Gasteiger partial charge is 0.381 e. The minimum Gasteiger partial charge on any atom is -0.381 e. The molecular weight excluding hydrogens is 350 g/mol. The zero-order chi connectivity index (χ0) is 14.7. The van der Waals surface area contributed by atoms with Crippen LogP contribution in [0.15, 0.2) is 65.4 Å². The Hall–Kier alpha value is -1.78. The van der Waals surface area contributed by atoms with E-state index in [0.717, 1.165) is 27.4 Å². The van der Waals surface area contributed by atoms with Crippen LogP contribution in [0.1, 0.15) is 5.56 Å². The highest BCUT2D eigenvalue weighted by Gasteiger charge is 2.00. The predicted molar refractivity (Wildman–Crippen MR) is 90.0 cm³/mol. The molecule has 3 rings (SSSR count). The molecule has 3 aromatic rings. The monoisotopic (exact) mass is 361 g/mol. The normalized spacial score (nSPS) is 10.6. The molecule has 5 heteroatoms. The number of benzene rings is 2. The minimum absolute atomic E-state index is 0.724. The quantitative estimate of drug-likeness (QED) is 0.715. The van der Waals surface area contributed by atoms with Gasteiger partial charge >= 0.3 is 0 Å². The molecule has 21 heavy (non-hydrogen) atoms. The fourth-order valence-electron chi connectivity index (χ4n) is 2.01. The maximum Gasteiger partial charge on any atom is 0.0647 e. The van der Waals surface area contributed by atoms with Gasteiger partial charge in [0.05, 0.1) is 10.7 Å². The third kappa shape index (κ3) is 3.46. The molecule has 3 nitrogen and oxygen atoms in total. The van der Waals surface area contributed by atoms with Gasteiger partial charge in [-0.2, -0.15) is 5.10 Å². The van der Waals surface area contributed by atoms with Crippen molar-refractivity contribution in [3.8, 4) is 5.69 Å². The maximum atomic E-state index is 5.99. The number of aromatic nitrogens is 2. The van der Waals surface area contributed by atoms with Gasteiger partial charge in [0.1, 0.15) is 0 Å². The molecular formula is C16H13BrClN3. The lowest BCUT2D eigenvalue weighted by Crippen LogP contribution is -2.00. The molecule has 0 aliphatic heterocycles. The van der Waals surface area contributed by atoms with Crippen LogP contribution < -0.4 is 5.32 Å². The lowest BCUT2D eigenvalue weighted by Gasteiger charge is -2.08. The summed E-state index contributed by atoms with van der Waals surface area (Å²) in [4.78, 5) is 0. The average molecular weight is 363 g/mol. The van der Waals surface area contributed by atoms with E-state index in [2.05, 4.69) is 26.3 Å². The van der Waals surface area contributed by atoms with Gasteiger partial charge in [-0.05, 0) is 64.0 Å². The first-order valence-electron chi connectivity index (χ1n) is 6.50. The van der Waals surface area contributed by atoms with E-state index in [4.69, 9.17) is 11.6 Å². The molecule has 0 bridgehead atoms. The van der Waals surface area contributed by atoms with Crippen LogP contribution >= 0.6 is 27.5 Å². The van der Waals surface area contributed by atoms with Crippen molar-refractivity contribution in [1.29, 1.82) is 0 Å². The van der Waals surface area contributed by atoms with Crippen molar-refractivity contribution in [2.45, 2.75) is 6.54 Å². The summed E-state index contributed by atoms with van der Waals surface area (Å²) < 4.78 is 2.75. The Morgan fingerprint density at radius 2 is 1.95 bits per heavy atom. The van der Waals surface area contributed by atoms with E-state index in [1.807, 2.05) is 59.4 Å². The average Bonchev–Trinajstić information content (AvgIpc) is 3.03. The van der Waals surface area contributed by atoms with Crippen LogP contribution in [0.2, 0.25) is 5.02 Å². The Bertz CT molecular complexity index is 724. The van der Waals surface area contributed by atoms with Gasteiger partial charge in [-0.25, -0.2) is 4.68 Å². The number of nitrogens with zero attached hydrogens (tertiary/aromatic N) is 2. The van der Waals surface area contributed by atoms with Crippen LogP contribution in [-0.4, -0.2) is 9.78 Å². The van der Waals surface area contributed by atoms with Gasteiger partial charge in [0.15, 0.2) is 0 Å². The molecule has 1 aromatic heterocycles. The molecule has 0 fully saturated rings. The van der Waals surface area contributed by atoms with E-state index < -0.39 is 0 Å². The minimum atomic E-state index is 0.724. The highest BCUT2D eigenvalue weighted by Crippen LogP contribution is 2.23. The highest BCUT2D eigenvalue weighted by atomic mass is 79.9. The van der Waals surface area contributed by atoms with E-state index in [1.165, 1.54) is 5.56 Å². The molecule has 0 atom stereocenters. The first-order chi connectivity index (χ1) is 10.2. The molecule has 0 unspecified atom stereocenters. The second-order valence-corrected chi connectivity index (χ2v) is 5.86. The fourth-order valence-corrected chi connectivity index (χ4v) is 2.55. The van der Waals surface area contributed by atoms with E-state index in [-0.39, 0.29) is 0 Å². The lowest BCUT2D eigenvalue weighted by atomic mass is 10.2. The van der Waals surface area contributed by atoms with Crippen LogP contribution in [0.4, 0.5) is 5.69 Å². The number of anilines is 1. The number of nitrogens with one attached hydrogen (secondary N) is 1. The maximum absolute atomic E-state index is 5.99. The van der Waals surface area contributed by atoms with Crippen LogP contribution in [0.5, 0.6) is 0 Å². The van der Waals surface area contributed by atoms with Crippen molar-refractivity contribution in [3.63, 3.8) is 0 Å². The van der Waals surface area contributed by atoms with Crippen LogP contribution in [-0.2, 0) is 6.54 Å². The van der Waals surface area contributed by atoms with Crippen molar-refractivity contribution in [2.75, 3.05) is 5.32 Å². The Morgan fingerprint density at radius 3 is 2.62 bits per heavy atom. The second-order valence-electron chi connectivity index (χ2n) is 4.60. The van der Waals surface area contributed by atoms with Crippen LogP contribution in [0.25, 0.3) is 5.69 Å². The summed E-state index contributed by atoms with van der Waals surface area (Å²) in [6.07, 6.45) is 3.69. The summed E-state index contributed by atoms with van der Waals surface area (Å²) in [6.45, 7) is 0.747. The summed E-state index contributed by atoms with van der Waals surface area (Å²) in [5, 5.41) is 8.32. The van der Waals surface area contributed by atoms with Gasteiger partial charge in [-0.1, -0.05) is 17.7 Å². The van der Waals surface area contributed by atoms with Crippen molar-refractivity contribution < 1.29 is 0 Å². The number of hydrogen-bond acceptors (Lipinski definition) is 2. The molecule has 0 amide bonds. The fraction of sp³-hybridized carbons (Fsp3) is 0.0625. The third-order valence-electron chi connectivity index (χ3n) is 3.12. The highest BCUT2D eigenvalue weighted by molar-refractivity contribution is 9.10. The van der Waals surface area contributed by atoms with E-state index in [0.29, 0.717) is 0 Å². The molecule has 0 radical (unpaired) electrons. The van der Waals surface area contributed by atoms with E-state index in [9.17, 15) is 0 Å². The van der Waals surface area contributed by atoms with Gasteiger partial charge < -0.3 is 5.32 Å². The van der Waals surface area contributed by atoms with Crippen LogP contribution in [0.3, 0.4) is 0 Å². The second kappa shape index (κ2) is 6.33. The molecule has 1 N–H and O–H groups in total. The Kier molecular flexibility index (Phi) is 4.27. The number of hydrogen-bond donors (Lipinski definition) is 1. The molecule has 106 valence electrons. The first-order valence-corrected chi connectivity index (χ1v) is 7.67. The third-order valence-corrected chi connectivity index (χ3v) is 4.33. The smallest absolute Gasteiger partial charge is 0.0647 e. The summed E-state index contributed by atoms with van der Waals surface area (Å²) in [5.74, 6) is 0. The summed E-state index contributed by atoms with van der Waals surface area (Å²) in [5.41, 5.74) is 3.28. The van der Waals surface area contributed by atoms with Crippen molar-refractivity contribution in [3.05, 3.63) is 76.0 Å². The number of halogens is 2. The Labute approximate surface area is 136 Å². The van der Waals surface area contributed by atoms with Gasteiger partial charge in [0.2, 0.25) is 0 Å². The Balaban J connectivity index is 1.66. The van der Waals surface area contributed by atoms with E-state index >= 15 is 0 Å². The van der Waals surface area contributed by atoms with Gasteiger partial charge in [0.25, 0.3) is 0 Å². The zero-order valence-corrected chi connectivity index (χ0v) is 13.5. The van der Waals surface area contributed by atoms with Crippen molar-refractivity contribution >= 4 is 33.2 Å². The van der Waals surface area contributed by atoms with Crippen molar-refractivity contribution in [1.82, 2.24) is 9.78 Å². The first kappa shape index (κ1) is 14.2.